The van der Waals surface area contributed by atoms with Crippen molar-refractivity contribution < 1.29 is 14.3 Å². The summed E-state index contributed by atoms with van der Waals surface area (Å²) in [5, 5.41) is 2.48. The lowest BCUT2D eigenvalue weighted by molar-refractivity contribution is -0.147. The van der Waals surface area contributed by atoms with Gasteiger partial charge in [-0.15, -0.1) is 0 Å². The van der Waals surface area contributed by atoms with Gasteiger partial charge in [0.2, 0.25) is 5.91 Å². The fourth-order valence-corrected chi connectivity index (χ4v) is 0.885. The van der Waals surface area contributed by atoms with E-state index in [1.807, 2.05) is 0 Å². The molecule has 0 rings (SSSR count). The predicted molar refractivity (Wildman–Crippen MR) is 55.9 cm³/mol. The molecule has 6 heteroatoms. The molecule has 0 aliphatic heterocycles. The molecule has 0 aliphatic carbocycles. The zero-order chi connectivity index (χ0) is 11.7. The lowest BCUT2D eigenvalue weighted by Gasteiger charge is -2.12. The summed E-state index contributed by atoms with van der Waals surface area (Å²) in [5.74, 6) is -0.699. The van der Waals surface area contributed by atoms with E-state index in [0.29, 0.717) is 13.0 Å². The first-order valence-electron chi connectivity index (χ1n) is 4.98. The molecule has 0 aliphatic rings. The van der Waals surface area contributed by atoms with Crippen LogP contribution in [0, 0.1) is 0 Å². The molecule has 88 valence electrons. The summed E-state index contributed by atoms with van der Waals surface area (Å²) in [6.07, 6.45) is 0.829. The molecule has 1 atom stereocenters. The quantitative estimate of drug-likeness (QED) is 0.364. The number of hydrogen-bond donors (Lipinski definition) is 3. The molecule has 0 bridgehead atoms. The van der Waals surface area contributed by atoms with E-state index in [4.69, 9.17) is 16.2 Å². The van der Waals surface area contributed by atoms with Crippen LogP contribution in [0.25, 0.3) is 0 Å². The minimum Gasteiger partial charge on any atom is -0.464 e. The molecule has 6 nitrogen and oxygen atoms in total. The van der Waals surface area contributed by atoms with E-state index in [0.717, 1.165) is 0 Å². The molecule has 0 saturated carbocycles. The number of esters is 1. The highest BCUT2D eigenvalue weighted by molar-refractivity contribution is 5.84. The number of amides is 1. The number of nitrogens with two attached hydrogens (primary N) is 2. The molecule has 5 N–H and O–H groups in total. The highest BCUT2D eigenvalue weighted by atomic mass is 16.5. The Morgan fingerprint density at radius 2 is 2.00 bits per heavy atom. The molecule has 0 unspecified atom stereocenters. The first-order valence-corrected chi connectivity index (χ1v) is 4.98. The fraction of sp³-hybridized carbons (Fsp3) is 0.778. The van der Waals surface area contributed by atoms with Crippen LogP contribution in [0.1, 0.15) is 19.8 Å². The van der Waals surface area contributed by atoms with Crippen LogP contribution < -0.4 is 16.8 Å². The maximum atomic E-state index is 11.2. The summed E-state index contributed by atoms with van der Waals surface area (Å²) in [7, 11) is 0. The number of carbonyl (C=O) groups excluding carboxylic acids is 2. The Kier molecular flexibility index (Phi) is 7.57. The van der Waals surface area contributed by atoms with Gasteiger partial charge in [-0.2, -0.15) is 0 Å². The highest BCUT2D eigenvalue weighted by Gasteiger charge is 2.15. The van der Waals surface area contributed by atoms with E-state index in [1.54, 1.807) is 6.92 Å². The van der Waals surface area contributed by atoms with Crippen molar-refractivity contribution in [1.29, 1.82) is 0 Å². The van der Waals surface area contributed by atoms with Crippen LogP contribution in [0.3, 0.4) is 0 Å². The zero-order valence-electron chi connectivity index (χ0n) is 8.99. The minimum atomic E-state index is -0.637. The molecule has 0 radical (unpaired) electrons. The van der Waals surface area contributed by atoms with Crippen LogP contribution in [0.5, 0.6) is 0 Å². The summed E-state index contributed by atoms with van der Waals surface area (Å²) in [4.78, 5) is 22.3. The first-order chi connectivity index (χ1) is 7.11. The second-order valence-electron chi connectivity index (χ2n) is 3.14. The topological polar surface area (TPSA) is 107 Å². The van der Waals surface area contributed by atoms with Crippen LogP contribution in [-0.2, 0) is 14.3 Å². The predicted octanol–water partition coefficient (Wildman–Crippen LogP) is -1.27. The lowest BCUT2D eigenvalue weighted by Crippen LogP contribution is -2.40. The van der Waals surface area contributed by atoms with Crippen molar-refractivity contribution in [2.45, 2.75) is 25.8 Å². The SMILES string of the molecule is C[C@H](NC(=O)CCN)C(=O)OCCCN. The minimum absolute atomic E-state index is 0.209. The zero-order valence-corrected chi connectivity index (χ0v) is 8.99. The van der Waals surface area contributed by atoms with Crippen molar-refractivity contribution in [2.24, 2.45) is 11.5 Å². The molecular formula is C9H19N3O3. The van der Waals surface area contributed by atoms with Crippen molar-refractivity contribution in [1.82, 2.24) is 5.32 Å². The van der Waals surface area contributed by atoms with Crippen molar-refractivity contribution >= 4 is 11.9 Å². The van der Waals surface area contributed by atoms with Crippen molar-refractivity contribution in [3.8, 4) is 0 Å². The molecular weight excluding hydrogens is 198 g/mol. The molecule has 0 aromatic heterocycles. The van der Waals surface area contributed by atoms with Crippen LogP contribution >= 0.6 is 0 Å². The van der Waals surface area contributed by atoms with Gasteiger partial charge in [0.1, 0.15) is 6.04 Å². The van der Waals surface area contributed by atoms with Gasteiger partial charge in [0.25, 0.3) is 0 Å². The average Bonchev–Trinajstić information content (AvgIpc) is 2.18. The molecule has 0 saturated heterocycles. The Hall–Kier alpha value is -1.14. The van der Waals surface area contributed by atoms with Gasteiger partial charge in [0.15, 0.2) is 0 Å². The number of hydrogen-bond acceptors (Lipinski definition) is 5. The number of nitrogens with one attached hydrogen (secondary N) is 1. The first kappa shape index (κ1) is 13.9. The highest BCUT2D eigenvalue weighted by Crippen LogP contribution is 1.90. The van der Waals surface area contributed by atoms with Gasteiger partial charge >= 0.3 is 5.97 Å². The van der Waals surface area contributed by atoms with E-state index < -0.39 is 12.0 Å². The standard InChI is InChI=1S/C9H19N3O3/c1-7(12-8(13)3-5-11)9(14)15-6-2-4-10/h7H,2-6,10-11H2,1H3,(H,12,13)/t7-/m0/s1. The summed E-state index contributed by atoms with van der Waals surface area (Å²) in [5.41, 5.74) is 10.4. The maximum absolute atomic E-state index is 11.2. The molecule has 0 fully saturated rings. The van der Waals surface area contributed by atoms with Crippen LogP contribution in [0.4, 0.5) is 0 Å². The average molecular weight is 217 g/mol. The van der Waals surface area contributed by atoms with Gasteiger partial charge in [0.05, 0.1) is 6.61 Å². The number of ether oxygens (including phenoxy) is 1. The van der Waals surface area contributed by atoms with Gasteiger partial charge in [0, 0.05) is 13.0 Å². The Morgan fingerprint density at radius 3 is 2.53 bits per heavy atom. The monoisotopic (exact) mass is 217 g/mol. The molecule has 0 spiro atoms. The third-order valence-corrected chi connectivity index (χ3v) is 1.70. The second-order valence-corrected chi connectivity index (χ2v) is 3.14. The molecule has 0 aromatic carbocycles. The van der Waals surface area contributed by atoms with E-state index in [2.05, 4.69) is 5.32 Å². The van der Waals surface area contributed by atoms with Crippen molar-refractivity contribution in [3.05, 3.63) is 0 Å². The molecule has 15 heavy (non-hydrogen) atoms. The molecule has 0 heterocycles. The Balaban J connectivity index is 3.73. The third-order valence-electron chi connectivity index (χ3n) is 1.70. The summed E-state index contributed by atoms with van der Waals surface area (Å²) < 4.78 is 4.86. The van der Waals surface area contributed by atoms with Gasteiger partial charge in [-0.3, -0.25) is 4.79 Å². The van der Waals surface area contributed by atoms with Crippen molar-refractivity contribution in [2.75, 3.05) is 19.7 Å². The lowest BCUT2D eigenvalue weighted by atomic mass is 10.3. The van der Waals surface area contributed by atoms with Crippen LogP contribution in [0.2, 0.25) is 0 Å². The van der Waals surface area contributed by atoms with Crippen LogP contribution in [0.15, 0.2) is 0 Å². The van der Waals surface area contributed by atoms with Crippen molar-refractivity contribution in [3.63, 3.8) is 0 Å². The number of carbonyl (C=O) groups is 2. The maximum Gasteiger partial charge on any atom is 0.328 e. The normalized spacial score (nSPS) is 11.9. The third kappa shape index (κ3) is 6.87. The fourth-order valence-electron chi connectivity index (χ4n) is 0.885. The van der Waals surface area contributed by atoms with Gasteiger partial charge < -0.3 is 21.5 Å². The van der Waals surface area contributed by atoms with E-state index in [1.165, 1.54) is 0 Å². The van der Waals surface area contributed by atoms with Gasteiger partial charge in [-0.25, -0.2) is 4.79 Å². The summed E-state index contributed by atoms with van der Waals surface area (Å²) in [6, 6.07) is -0.637. The van der Waals surface area contributed by atoms with Crippen LogP contribution in [-0.4, -0.2) is 37.6 Å². The molecule has 0 aromatic rings. The summed E-state index contributed by atoms with van der Waals surface area (Å²) >= 11 is 0. The number of rotatable bonds is 7. The van der Waals surface area contributed by atoms with E-state index in [9.17, 15) is 9.59 Å². The molecule has 1 amide bonds. The van der Waals surface area contributed by atoms with Gasteiger partial charge in [-0.05, 0) is 19.9 Å². The van der Waals surface area contributed by atoms with E-state index >= 15 is 0 Å². The van der Waals surface area contributed by atoms with E-state index in [-0.39, 0.29) is 25.5 Å². The largest absolute Gasteiger partial charge is 0.464 e. The Bertz CT molecular complexity index is 209. The Labute approximate surface area is 89.3 Å². The second kappa shape index (κ2) is 8.19. The summed E-state index contributed by atoms with van der Waals surface area (Å²) in [6.45, 7) is 2.59. The smallest absolute Gasteiger partial charge is 0.328 e. The Morgan fingerprint density at radius 1 is 1.33 bits per heavy atom. The van der Waals surface area contributed by atoms with Gasteiger partial charge in [-0.1, -0.05) is 0 Å².